The average Bonchev–Trinajstić information content (AvgIpc) is 2.50. The van der Waals surface area contributed by atoms with Crippen LogP contribution in [-0.2, 0) is 0 Å². The van der Waals surface area contributed by atoms with Gasteiger partial charge in [-0.3, -0.25) is 10.9 Å². The quantitative estimate of drug-likeness (QED) is 0.351. The van der Waals surface area contributed by atoms with Crippen molar-refractivity contribution >= 4 is 40.3 Å². The fraction of sp³-hybridized carbons (Fsp3) is 0.429. The lowest BCUT2D eigenvalue weighted by Gasteiger charge is -2.15. The Morgan fingerprint density at radius 3 is 2.32 bits per heavy atom. The molecule has 0 unspecified atom stereocenters. The van der Waals surface area contributed by atoms with E-state index >= 15 is 0 Å². The van der Waals surface area contributed by atoms with Crippen molar-refractivity contribution < 1.29 is 4.74 Å². The van der Waals surface area contributed by atoms with Crippen molar-refractivity contribution in [2.24, 2.45) is 0 Å². The highest BCUT2D eigenvalue weighted by Crippen LogP contribution is 2.14. The summed E-state index contributed by atoms with van der Waals surface area (Å²) in [5, 5.41) is 7.08. The molecule has 6 nitrogen and oxygen atoms in total. The van der Waals surface area contributed by atoms with Crippen molar-refractivity contribution in [2.75, 3.05) is 39.6 Å². The lowest BCUT2D eigenvalue weighted by molar-refractivity contribution is 0.400. The molecule has 0 atom stereocenters. The highest BCUT2D eigenvalue weighted by atomic mass is 32.1. The van der Waals surface area contributed by atoms with Gasteiger partial charge in [0.1, 0.15) is 5.75 Å². The fourth-order valence-corrected chi connectivity index (χ4v) is 1.91. The predicted molar refractivity (Wildman–Crippen MR) is 99.3 cm³/mol. The van der Waals surface area contributed by atoms with E-state index in [1.807, 2.05) is 38.4 Å². The molecular weight excluding hydrogens is 318 g/mol. The fourth-order valence-electron chi connectivity index (χ4n) is 1.59. The molecule has 0 amide bonds. The van der Waals surface area contributed by atoms with Gasteiger partial charge in [0.25, 0.3) is 0 Å². The average molecular weight is 342 g/mol. The van der Waals surface area contributed by atoms with Crippen LogP contribution in [0.5, 0.6) is 5.75 Å². The van der Waals surface area contributed by atoms with E-state index in [4.69, 9.17) is 29.2 Å². The smallest absolute Gasteiger partial charge is 0.189 e. The zero-order chi connectivity index (χ0) is 16.4. The van der Waals surface area contributed by atoms with Crippen molar-refractivity contribution in [1.29, 1.82) is 0 Å². The number of anilines is 1. The van der Waals surface area contributed by atoms with Crippen LogP contribution in [0.25, 0.3) is 0 Å². The van der Waals surface area contributed by atoms with E-state index in [1.54, 1.807) is 7.11 Å². The first-order valence-electron chi connectivity index (χ1n) is 6.91. The van der Waals surface area contributed by atoms with Crippen molar-refractivity contribution in [3.63, 3.8) is 0 Å². The molecule has 0 bridgehead atoms. The van der Waals surface area contributed by atoms with E-state index in [-0.39, 0.29) is 0 Å². The van der Waals surface area contributed by atoms with Gasteiger partial charge in [0.15, 0.2) is 10.2 Å². The predicted octanol–water partition coefficient (Wildman–Crippen LogP) is 1.31. The number of hydrazine groups is 1. The number of rotatable bonds is 6. The van der Waals surface area contributed by atoms with Gasteiger partial charge in [0, 0.05) is 12.2 Å². The third-order valence-corrected chi connectivity index (χ3v) is 3.16. The Morgan fingerprint density at radius 2 is 1.73 bits per heavy atom. The standard InChI is InChI=1S/C14H23N5OS2/c1-19(2)10-4-9-15-13(21)17-18-14(22)16-11-5-7-12(20-3)8-6-11/h5-8H,4,9-10H2,1-3H3,(H2,15,17,21)(H2,16,18,22). The summed E-state index contributed by atoms with van der Waals surface area (Å²) in [6.07, 6.45) is 1.02. The van der Waals surface area contributed by atoms with Gasteiger partial charge in [-0.15, -0.1) is 0 Å². The Labute approximate surface area is 142 Å². The topological polar surface area (TPSA) is 60.6 Å². The van der Waals surface area contributed by atoms with Gasteiger partial charge in [0.2, 0.25) is 0 Å². The second-order valence-corrected chi connectivity index (χ2v) is 5.66. The number of thiocarbonyl (C=S) groups is 2. The molecule has 0 aromatic heterocycles. The summed E-state index contributed by atoms with van der Waals surface area (Å²) in [4.78, 5) is 2.13. The molecule has 122 valence electrons. The number of nitrogens with zero attached hydrogens (tertiary/aromatic N) is 1. The summed E-state index contributed by atoms with van der Waals surface area (Å²) in [6, 6.07) is 7.47. The maximum Gasteiger partial charge on any atom is 0.189 e. The highest BCUT2D eigenvalue weighted by molar-refractivity contribution is 7.80. The molecule has 0 heterocycles. The zero-order valence-electron chi connectivity index (χ0n) is 13.1. The van der Waals surface area contributed by atoms with Gasteiger partial charge < -0.3 is 20.3 Å². The van der Waals surface area contributed by atoms with E-state index < -0.39 is 0 Å². The van der Waals surface area contributed by atoms with Crippen LogP contribution in [0.2, 0.25) is 0 Å². The van der Waals surface area contributed by atoms with Crippen LogP contribution in [0, 0.1) is 0 Å². The van der Waals surface area contributed by atoms with E-state index in [1.165, 1.54) is 0 Å². The number of ether oxygens (including phenoxy) is 1. The molecule has 0 fully saturated rings. The van der Waals surface area contributed by atoms with Crippen LogP contribution in [0.4, 0.5) is 5.69 Å². The number of methoxy groups -OCH3 is 1. The molecule has 0 aliphatic heterocycles. The summed E-state index contributed by atoms with van der Waals surface area (Å²) in [7, 11) is 5.72. The Kier molecular flexibility index (Phi) is 8.49. The van der Waals surface area contributed by atoms with Crippen LogP contribution in [0.15, 0.2) is 24.3 Å². The Morgan fingerprint density at radius 1 is 1.09 bits per heavy atom. The van der Waals surface area contributed by atoms with E-state index in [2.05, 4.69) is 26.4 Å². The van der Waals surface area contributed by atoms with Gasteiger partial charge in [-0.05, 0) is 75.8 Å². The third kappa shape index (κ3) is 7.96. The van der Waals surface area contributed by atoms with Crippen LogP contribution < -0.4 is 26.2 Å². The van der Waals surface area contributed by atoms with Crippen LogP contribution in [0.1, 0.15) is 6.42 Å². The lowest BCUT2D eigenvalue weighted by Crippen LogP contribution is -2.48. The van der Waals surface area contributed by atoms with Gasteiger partial charge in [-0.1, -0.05) is 0 Å². The molecule has 1 rings (SSSR count). The first kappa shape index (κ1) is 18.4. The summed E-state index contributed by atoms with van der Waals surface area (Å²) in [6.45, 7) is 1.82. The second kappa shape index (κ2) is 10.1. The lowest BCUT2D eigenvalue weighted by atomic mass is 10.3. The number of benzene rings is 1. The number of nitrogens with one attached hydrogen (secondary N) is 4. The first-order chi connectivity index (χ1) is 10.5. The van der Waals surface area contributed by atoms with E-state index in [9.17, 15) is 0 Å². The zero-order valence-corrected chi connectivity index (χ0v) is 14.7. The summed E-state index contributed by atoms with van der Waals surface area (Å²) in [5.74, 6) is 0.797. The van der Waals surface area contributed by atoms with E-state index in [0.29, 0.717) is 10.2 Å². The Balaban J connectivity index is 2.20. The molecule has 1 aromatic carbocycles. The largest absolute Gasteiger partial charge is 0.497 e. The van der Waals surface area contributed by atoms with Crippen LogP contribution in [-0.4, -0.2) is 49.4 Å². The minimum Gasteiger partial charge on any atom is -0.497 e. The summed E-state index contributed by atoms with van der Waals surface area (Å²) in [5.41, 5.74) is 6.54. The normalized spacial score (nSPS) is 10.0. The Hall–Kier alpha value is -1.64. The first-order valence-corrected chi connectivity index (χ1v) is 7.72. The summed E-state index contributed by atoms with van der Waals surface area (Å²) >= 11 is 10.3. The minimum absolute atomic E-state index is 0.433. The SMILES string of the molecule is COc1ccc(NC(=S)NNC(=S)NCCCN(C)C)cc1. The molecule has 22 heavy (non-hydrogen) atoms. The van der Waals surface area contributed by atoms with Crippen molar-refractivity contribution in [2.45, 2.75) is 6.42 Å². The molecule has 1 aromatic rings. The van der Waals surface area contributed by atoms with Crippen molar-refractivity contribution in [1.82, 2.24) is 21.1 Å². The number of hydrogen-bond donors (Lipinski definition) is 4. The number of hydrogen-bond acceptors (Lipinski definition) is 4. The molecule has 4 N–H and O–H groups in total. The maximum absolute atomic E-state index is 5.18. The van der Waals surface area contributed by atoms with Gasteiger partial charge in [-0.25, -0.2) is 0 Å². The molecule has 8 heteroatoms. The molecule has 0 aliphatic carbocycles. The molecule has 0 saturated heterocycles. The third-order valence-electron chi connectivity index (χ3n) is 2.71. The van der Waals surface area contributed by atoms with Crippen LogP contribution in [0.3, 0.4) is 0 Å². The van der Waals surface area contributed by atoms with Gasteiger partial charge >= 0.3 is 0 Å². The molecule has 0 aliphatic rings. The maximum atomic E-state index is 5.18. The van der Waals surface area contributed by atoms with Crippen molar-refractivity contribution in [3.05, 3.63) is 24.3 Å². The van der Waals surface area contributed by atoms with Crippen molar-refractivity contribution in [3.8, 4) is 5.75 Å². The van der Waals surface area contributed by atoms with Crippen LogP contribution >= 0.6 is 24.4 Å². The molecular formula is C14H23N5OS2. The van der Waals surface area contributed by atoms with Gasteiger partial charge in [-0.2, -0.15) is 0 Å². The monoisotopic (exact) mass is 341 g/mol. The summed E-state index contributed by atoms with van der Waals surface area (Å²) < 4.78 is 5.10. The molecule has 0 radical (unpaired) electrons. The highest BCUT2D eigenvalue weighted by Gasteiger charge is 1.99. The van der Waals surface area contributed by atoms with Gasteiger partial charge in [0.05, 0.1) is 7.11 Å². The molecule has 0 spiro atoms. The Bertz CT molecular complexity index is 479. The minimum atomic E-state index is 0.433. The second-order valence-electron chi connectivity index (χ2n) is 4.85. The molecule has 0 saturated carbocycles. The van der Waals surface area contributed by atoms with E-state index in [0.717, 1.165) is 30.9 Å².